The highest BCUT2D eigenvalue weighted by atomic mass is 16.3. The Kier molecular flexibility index (Phi) is 4.06. The van der Waals surface area contributed by atoms with Gasteiger partial charge in [-0.05, 0) is 29.3 Å². The largest absolute Gasteiger partial charge is 0.505 e. The fourth-order valence-electron chi connectivity index (χ4n) is 2.49. The van der Waals surface area contributed by atoms with Gasteiger partial charge in [0, 0.05) is 23.7 Å². The normalized spacial score (nSPS) is 10.4. The van der Waals surface area contributed by atoms with Gasteiger partial charge in [0.25, 0.3) is 0 Å². The van der Waals surface area contributed by atoms with Gasteiger partial charge in [0.1, 0.15) is 5.75 Å². The maximum atomic E-state index is 11.3. The number of hydrogen-bond acceptors (Lipinski definition) is 3. The van der Waals surface area contributed by atoms with E-state index < -0.39 is 5.91 Å². The summed E-state index contributed by atoms with van der Waals surface area (Å²) in [5.41, 5.74) is 8.75. The van der Waals surface area contributed by atoms with Crippen LogP contribution in [0.3, 0.4) is 0 Å². The molecule has 0 saturated heterocycles. The average molecular weight is 304 g/mol. The molecule has 0 spiro atoms. The monoisotopic (exact) mass is 304 g/mol. The zero-order valence-corrected chi connectivity index (χ0v) is 12.4. The summed E-state index contributed by atoms with van der Waals surface area (Å²) < 4.78 is 0. The predicted molar refractivity (Wildman–Crippen MR) is 89.1 cm³/mol. The van der Waals surface area contributed by atoms with Gasteiger partial charge in [-0.25, -0.2) is 0 Å². The quantitative estimate of drug-likeness (QED) is 0.777. The third kappa shape index (κ3) is 3.21. The minimum atomic E-state index is -0.495. The molecular weight excluding hydrogens is 288 g/mol. The van der Waals surface area contributed by atoms with Gasteiger partial charge in [0.2, 0.25) is 5.91 Å². The Hall–Kier alpha value is -3.14. The van der Waals surface area contributed by atoms with Crippen molar-refractivity contribution in [2.24, 2.45) is 5.73 Å². The van der Waals surface area contributed by atoms with Gasteiger partial charge in [-0.3, -0.25) is 9.78 Å². The molecule has 0 saturated carbocycles. The average Bonchev–Trinajstić information content (AvgIpc) is 2.58. The Labute approximate surface area is 134 Å². The number of carbonyl (C=O) groups is 1. The molecule has 0 atom stereocenters. The second-order valence-corrected chi connectivity index (χ2v) is 5.26. The summed E-state index contributed by atoms with van der Waals surface area (Å²) in [4.78, 5) is 15.6. The van der Waals surface area contributed by atoms with Crippen molar-refractivity contribution < 1.29 is 9.90 Å². The zero-order chi connectivity index (χ0) is 16.2. The van der Waals surface area contributed by atoms with Crippen LogP contribution in [0.2, 0.25) is 0 Å². The molecule has 0 bridgehead atoms. The number of aromatic hydroxyl groups is 1. The molecule has 3 N–H and O–H groups in total. The van der Waals surface area contributed by atoms with Crippen molar-refractivity contribution in [2.75, 3.05) is 0 Å². The first-order valence-corrected chi connectivity index (χ1v) is 7.26. The van der Waals surface area contributed by atoms with Crippen LogP contribution in [0.15, 0.2) is 66.9 Å². The molecule has 3 rings (SSSR count). The summed E-state index contributed by atoms with van der Waals surface area (Å²) in [6, 6.07) is 18.4. The molecule has 0 aliphatic rings. The van der Waals surface area contributed by atoms with Crippen molar-refractivity contribution in [1.82, 2.24) is 4.98 Å². The van der Waals surface area contributed by atoms with Crippen LogP contribution >= 0.6 is 0 Å². The topological polar surface area (TPSA) is 76.2 Å². The Morgan fingerprint density at radius 3 is 2.57 bits per heavy atom. The second kappa shape index (κ2) is 6.32. The minimum Gasteiger partial charge on any atom is -0.505 e. The van der Waals surface area contributed by atoms with E-state index in [-0.39, 0.29) is 5.75 Å². The van der Waals surface area contributed by atoms with E-state index in [4.69, 9.17) is 5.73 Å². The van der Waals surface area contributed by atoms with Gasteiger partial charge in [0.15, 0.2) is 0 Å². The highest BCUT2D eigenvalue weighted by Crippen LogP contribution is 2.32. The number of carbonyl (C=O) groups excluding carboxylic acids is 1. The molecule has 1 aromatic heterocycles. The van der Waals surface area contributed by atoms with Crippen molar-refractivity contribution in [1.29, 1.82) is 0 Å². The number of aromatic nitrogens is 1. The molecule has 1 amide bonds. The molecule has 0 aliphatic carbocycles. The lowest BCUT2D eigenvalue weighted by molar-refractivity contribution is 0.100. The number of benzene rings is 2. The molecule has 0 radical (unpaired) electrons. The Balaban J connectivity index is 2.00. The van der Waals surface area contributed by atoms with E-state index in [1.165, 1.54) is 0 Å². The molecular formula is C19H16N2O2. The molecule has 0 aliphatic heterocycles. The molecule has 23 heavy (non-hydrogen) atoms. The van der Waals surface area contributed by atoms with Crippen LogP contribution in [0.4, 0.5) is 0 Å². The zero-order valence-electron chi connectivity index (χ0n) is 12.4. The summed E-state index contributed by atoms with van der Waals surface area (Å²) in [6.45, 7) is 0. The van der Waals surface area contributed by atoms with E-state index >= 15 is 0 Å². The minimum absolute atomic E-state index is 0.123. The molecule has 114 valence electrons. The number of amides is 1. The first-order valence-electron chi connectivity index (χ1n) is 7.26. The molecule has 0 fully saturated rings. The smallest absolute Gasteiger partial charge is 0.248 e. The van der Waals surface area contributed by atoms with E-state index in [1.54, 1.807) is 30.5 Å². The van der Waals surface area contributed by atoms with Crippen LogP contribution in [0.25, 0.3) is 11.1 Å². The van der Waals surface area contributed by atoms with Crippen LogP contribution in [0.1, 0.15) is 21.6 Å². The van der Waals surface area contributed by atoms with Gasteiger partial charge >= 0.3 is 0 Å². The molecule has 3 aromatic rings. The molecule has 1 heterocycles. The molecule has 2 aromatic carbocycles. The van der Waals surface area contributed by atoms with Crippen molar-refractivity contribution in [2.45, 2.75) is 6.42 Å². The maximum Gasteiger partial charge on any atom is 0.248 e. The highest BCUT2D eigenvalue weighted by molar-refractivity contribution is 5.94. The molecule has 4 heteroatoms. The van der Waals surface area contributed by atoms with Crippen molar-refractivity contribution >= 4 is 5.91 Å². The lowest BCUT2D eigenvalue weighted by Crippen LogP contribution is -2.10. The number of pyridine rings is 1. The highest BCUT2D eigenvalue weighted by Gasteiger charge is 2.12. The van der Waals surface area contributed by atoms with E-state index in [0.29, 0.717) is 23.2 Å². The summed E-state index contributed by atoms with van der Waals surface area (Å²) >= 11 is 0. The maximum absolute atomic E-state index is 11.3. The van der Waals surface area contributed by atoms with Gasteiger partial charge in [-0.15, -0.1) is 0 Å². The number of nitrogens with zero attached hydrogens (tertiary/aromatic N) is 1. The summed E-state index contributed by atoms with van der Waals surface area (Å²) in [5, 5.41) is 10.6. The third-order valence-corrected chi connectivity index (χ3v) is 3.67. The summed E-state index contributed by atoms with van der Waals surface area (Å²) in [6.07, 6.45) is 2.19. The lowest BCUT2D eigenvalue weighted by Gasteiger charge is -2.10. The van der Waals surface area contributed by atoms with Crippen LogP contribution in [-0.4, -0.2) is 16.0 Å². The predicted octanol–water partition coefficient (Wildman–Crippen LogP) is 3.14. The van der Waals surface area contributed by atoms with Crippen molar-refractivity contribution in [3.8, 4) is 16.9 Å². The van der Waals surface area contributed by atoms with Crippen LogP contribution in [0, 0.1) is 0 Å². The second-order valence-electron chi connectivity index (χ2n) is 5.26. The molecule has 4 nitrogen and oxygen atoms in total. The molecule has 0 unspecified atom stereocenters. The Morgan fingerprint density at radius 1 is 1.04 bits per heavy atom. The third-order valence-electron chi connectivity index (χ3n) is 3.67. The standard InChI is InChI=1S/C19H16N2O2/c20-19(23)15-8-4-7-14(12-15)16-9-10-21-17(18(16)22)11-13-5-2-1-3-6-13/h1-10,12,22H,11H2,(H2,20,23). The first-order chi connectivity index (χ1) is 11.1. The lowest BCUT2D eigenvalue weighted by atomic mass is 10.00. The SMILES string of the molecule is NC(=O)c1cccc(-c2ccnc(Cc3ccccc3)c2O)c1. The fraction of sp³-hybridized carbons (Fsp3) is 0.0526. The summed E-state index contributed by atoms with van der Waals surface area (Å²) in [7, 11) is 0. The number of hydrogen-bond donors (Lipinski definition) is 2. The van der Waals surface area contributed by atoms with Crippen LogP contribution < -0.4 is 5.73 Å². The number of primary amides is 1. The van der Waals surface area contributed by atoms with Crippen LogP contribution in [0.5, 0.6) is 5.75 Å². The Morgan fingerprint density at radius 2 is 1.83 bits per heavy atom. The Bertz CT molecular complexity index is 845. The van der Waals surface area contributed by atoms with Crippen molar-refractivity contribution in [3.05, 3.63) is 83.7 Å². The van der Waals surface area contributed by atoms with E-state index in [2.05, 4.69) is 4.98 Å². The summed E-state index contributed by atoms with van der Waals surface area (Å²) in [5.74, 6) is -0.372. The van der Waals surface area contributed by atoms with Crippen LogP contribution in [-0.2, 0) is 6.42 Å². The van der Waals surface area contributed by atoms with Gasteiger partial charge in [-0.1, -0.05) is 42.5 Å². The number of nitrogens with two attached hydrogens (primary N) is 1. The van der Waals surface area contributed by atoms with Gasteiger partial charge in [0.05, 0.1) is 5.69 Å². The number of rotatable bonds is 4. The van der Waals surface area contributed by atoms with E-state index in [9.17, 15) is 9.90 Å². The van der Waals surface area contributed by atoms with E-state index in [1.807, 2.05) is 36.4 Å². The van der Waals surface area contributed by atoms with Gasteiger partial charge < -0.3 is 10.8 Å². The van der Waals surface area contributed by atoms with Crippen molar-refractivity contribution in [3.63, 3.8) is 0 Å². The van der Waals surface area contributed by atoms with Gasteiger partial charge in [-0.2, -0.15) is 0 Å². The first kappa shape index (κ1) is 14.8. The van der Waals surface area contributed by atoms with E-state index in [0.717, 1.165) is 11.1 Å². The fourth-order valence-corrected chi connectivity index (χ4v) is 2.49.